The third-order valence-electron chi connectivity index (χ3n) is 6.53. The lowest BCUT2D eigenvalue weighted by atomic mass is 9.58. The number of ether oxygens (including phenoxy) is 1. The van der Waals surface area contributed by atoms with Gasteiger partial charge in [0.1, 0.15) is 5.75 Å². The summed E-state index contributed by atoms with van der Waals surface area (Å²) in [5.41, 5.74) is 0.475. The summed E-state index contributed by atoms with van der Waals surface area (Å²) in [5.74, 6) is 1.49. The smallest absolute Gasteiger partial charge is 0.119 e. The molecule has 21 heavy (non-hydrogen) atoms. The maximum absolute atomic E-state index is 11.6. The molecule has 3 rings (SSSR count). The Morgan fingerprint density at radius 3 is 2.62 bits per heavy atom. The molecule has 2 fully saturated rings. The van der Waals surface area contributed by atoms with Crippen molar-refractivity contribution in [1.82, 2.24) is 0 Å². The fourth-order valence-electron chi connectivity index (χ4n) is 4.88. The van der Waals surface area contributed by atoms with Crippen molar-refractivity contribution in [2.45, 2.75) is 52.1 Å². The first kappa shape index (κ1) is 15.4. The van der Waals surface area contributed by atoms with Gasteiger partial charge in [0.15, 0.2) is 0 Å². The van der Waals surface area contributed by atoms with Crippen LogP contribution in [0.1, 0.15) is 45.6 Å². The van der Waals surface area contributed by atoms with E-state index < -0.39 is 5.60 Å². The minimum atomic E-state index is -0.655. The molecule has 1 aromatic carbocycles. The van der Waals surface area contributed by atoms with Crippen molar-refractivity contribution < 1.29 is 9.84 Å². The Morgan fingerprint density at radius 1 is 1.33 bits per heavy atom. The van der Waals surface area contributed by atoms with Gasteiger partial charge in [-0.05, 0) is 59.8 Å². The van der Waals surface area contributed by atoms with Crippen LogP contribution in [0.2, 0.25) is 0 Å². The highest BCUT2D eigenvalue weighted by Gasteiger charge is 2.68. The highest BCUT2D eigenvalue weighted by Crippen LogP contribution is 2.68. The fraction of sp³-hybridized carbons (Fsp3) is 0.667. The van der Waals surface area contributed by atoms with Crippen molar-refractivity contribution in [3.8, 4) is 5.75 Å². The van der Waals surface area contributed by atoms with Crippen LogP contribution >= 0.6 is 15.9 Å². The van der Waals surface area contributed by atoms with Gasteiger partial charge in [-0.2, -0.15) is 0 Å². The van der Waals surface area contributed by atoms with Crippen LogP contribution < -0.4 is 4.74 Å². The molecule has 0 saturated heterocycles. The Hall–Kier alpha value is -0.540. The minimum Gasteiger partial charge on any atom is -0.497 e. The minimum absolute atomic E-state index is 0.0314. The normalized spacial score (nSPS) is 37.0. The number of fused-ring (bicyclic) bond motifs is 2. The Balaban J connectivity index is 2.00. The second-order valence-corrected chi connectivity index (χ2v) is 8.57. The molecule has 2 bridgehead atoms. The standard InChI is InChI=1S/C18H25BrO2/c1-16(2)13-7-8-17(3,11-13)18(16,20)10-12-9-14(21-4)5-6-15(12)19/h5-6,9,13,20H,7-8,10-11H2,1-4H3. The van der Waals surface area contributed by atoms with Gasteiger partial charge >= 0.3 is 0 Å². The van der Waals surface area contributed by atoms with E-state index >= 15 is 0 Å². The van der Waals surface area contributed by atoms with Crippen LogP contribution in [-0.4, -0.2) is 17.8 Å². The zero-order valence-electron chi connectivity index (χ0n) is 13.4. The molecule has 2 saturated carbocycles. The maximum Gasteiger partial charge on any atom is 0.119 e. The van der Waals surface area contributed by atoms with E-state index in [4.69, 9.17) is 4.74 Å². The molecular weight excluding hydrogens is 328 g/mol. The molecule has 3 atom stereocenters. The summed E-state index contributed by atoms with van der Waals surface area (Å²) in [7, 11) is 1.69. The van der Waals surface area contributed by atoms with Crippen molar-refractivity contribution in [2.75, 3.05) is 7.11 Å². The number of benzene rings is 1. The summed E-state index contributed by atoms with van der Waals surface area (Å²) in [6.07, 6.45) is 4.23. The van der Waals surface area contributed by atoms with Crippen LogP contribution in [0.3, 0.4) is 0 Å². The SMILES string of the molecule is COc1ccc(Br)c(CC2(O)C3(C)CCC(C3)C2(C)C)c1. The van der Waals surface area contributed by atoms with E-state index in [1.54, 1.807) is 7.11 Å². The topological polar surface area (TPSA) is 29.5 Å². The number of aliphatic hydroxyl groups is 1. The number of methoxy groups -OCH3 is 1. The van der Waals surface area contributed by atoms with E-state index in [1.807, 2.05) is 18.2 Å². The largest absolute Gasteiger partial charge is 0.497 e. The van der Waals surface area contributed by atoms with Gasteiger partial charge in [-0.1, -0.05) is 36.7 Å². The number of rotatable bonds is 3. The molecule has 116 valence electrons. The van der Waals surface area contributed by atoms with Gasteiger partial charge in [-0.25, -0.2) is 0 Å². The van der Waals surface area contributed by atoms with Gasteiger partial charge in [0.25, 0.3) is 0 Å². The zero-order chi connectivity index (χ0) is 15.5. The predicted molar refractivity (Wildman–Crippen MR) is 88.6 cm³/mol. The van der Waals surface area contributed by atoms with E-state index in [-0.39, 0.29) is 10.8 Å². The van der Waals surface area contributed by atoms with E-state index in [9.17, 15) is 5.11 Å². The first-order valence-electron chi connectivity index (χ1n) is 7.78. The molecule has 1 aromatic rings. The van der Waals surface area contributed by atoms with Crippen LogP contribution in [0.25, 0.3) is 0 Å². The summed E-state index contributed by atoms with van der Waals surface area (Å²) in [4.78, 5) is 0. The molecule has 1 N–H and O–H groups in total. The second-order valence-electron chi connectivity index (χ2n) is 7.72. The van der Waals surface area contributed by atoms with Gasteiger partial charge < -0.3 is 9.84 Å². The summed E-state index contributed by atoms with van der Waals surface area (Å²) in [5, 5.41) is 11.6. The van der Waals surface area contributed by atoms with Gasteiger partial charge in [0.05, 0.1) is 12.7 Å². The van der Waals surface area contributed by atoms with E-state index in [0.29, 0.717) is 12.3 Å². The van der Waals surface area contributed by atoms with Gasteiger partial charge in [-0.3, -0.25) is 0 Å². The lowest BCUT2D eigenvalue weighted by Gasteiger charge is -2.51. The summed E-state index contributed by atoms with van der Waals surface area (Å²) >= 11 is 3.63. The number of hydrogen-bond donors (Lipinski definition) is 1. The molecule has 0 heterocycles. The number of halogens is 1. The molecule has 2 nitrogen and oxygen atoms in total. The highest BCUT2D eigenvalue weighted by atomic mass is 79.9. The second kappa shape index (κ2) is 4.73. The molecule has 2 aliphatic carbocycles. The van der Waals surface area contributed by atoms with Crippen LogP contribution in [-0.2, 0) is 6.42 Å². The molecule has 0 aliphatic heterocycles. The van der Waals surface area contributed by atoms with Crippen molar-refractivity contribution >= 4 is 15.9 Å². The summed E-state index contributed by atoms with van der Waals surface area (Å²) in [6.45, 7) is 6.77. The number of hydrogen-bond acceptors (Lipinski definition) is 2. The molecule has 3 unspecified atom stereocenters. The first-order valence-corrected chi connectivity index (χ1v) is 8.58. The Labute approximate surface area is 136 Å². The lowest BCUT2D eigenvalue weighted by molar-refractivity contribution is -0.142. The Kier molecular flexibility index (Phi) is 3.46. The molecular formula is C18H25BrO2. The van der Waals surface area contributed by atoms with Crippen molar-refractivity contribution in [1.29, 1.82) is 0 Å². The fourth-order valence-corrected chi connectivity index (χ4v) is 5.27. The van der Waals surface area contributed by atoms with Crippen LogP contribution in [0.15, 0.2) is 22.7 Å². The molecule has 0 amide bonds. The predicted octanol–water partition coefficient (Wildman–Crippen LogP) is 4.58. The average Bonchev–Trinajstić information content (AvgIpc) is 2.90. The quantitative estimate of drug-likeness (QED) is 0.862. The molecule has 0 aromatic heterocycles. The molecule has 0 spiro atoms. The van der Waals surface area contributed by atoms with Crippen molar-refractivity contribution in [2.24, 2.45) is 16.7 Å². The monoisotopic (exact) mass is 352 g/mol. The first-order chi connectivity index (χ1) is 9.73. The third-order valence-corrected chi connectivity index (χ3v) is 7.30. The third kappa shape index (κ3) is 2.00. The van der Waals surface area contributed by atoms with Crippen LogP contribution in [0, 0.1) is 16.7 Å². The average molecular weight is 353 g/mol. The van der Waals surface area contributed by atoms with Gasteiger partial charge in [-0.15, -0.1) is 0 Å². The summed E-state index contributed by atoms with van der Waals surface area (Å²) in [6, 6.07) is 6.01. The van der Waals surface area contributed by atoms with Gasteiger partial charge in [0.2, 0.25) is 0 Å². The van der Waals surface area contributed by atoms with E-state index in [1.165, 1.54) is 6.42 Å². The lowest BCUT2D eigenvalue weighted by Crippen LogP contribution is -2.55. The molecule has 3 heteroatoms. The van der Waals surface area contributed by atoms with Crippen molar-refractivity contribution in [3.05, 3.63) is 28.2 Å². The van der Waals surface area contributed by atoms with E-state index in [0.717, 1.165) is 28.6 Å². The highest BCUT2D eigenvalue weighted by molar-refractivity contribution is 9.10. The summed E-state index contributed by atoms with van der Waals surface area (Å²) < 4.78 is 6.40. The molecule has 0 radical (unpaired) electrons. The van der Waals surface area contributed by atoms with Gasteiger partial charge in [0, 0.05) is 10.9 Å². The Bertz CT molecular complexity index is 562. The van der Waals surface area contributed by atoms with Crippen LogP contribution in [0.5, 0.6) is 5.75 Å². The maximum atomic E-state index is 11.6. The molecule has 2 aliphatic rings. The van der Waals surface area contributed by atoms with E-state index in [2.05, 4.69) is 36.7 Å². The Morgan fingerprint density at radius 2 is 2.05 bits per heavy atom. The van der Waals surface area contributed by atoms with Crippen LogP contribution in [0.4, 0.5) is 0 Å². The zero-order valence-corrected chi connectivity index (χ0v) is 15.0. The van der Waals surface area contributed by atoms with Crippen molar-refractivity contribution in [3.63, 3.8) is 0 Å².